The van der Waals surface area contributed by atoms with E-state index in [4.69, 9.17) is 10.5 Å². The molecule has 1 aromatic carbocycles. The summed E-state index contributed by atoms with van der Waals surface area (Å²) < 4.78 is 85.3. The van der Waals surface area contributed by atoms with E-state index in [0.717, 1.165) is 4.57 Å². The van der Waals surface area contributed by atoms with Gasteiger partial charge in [-0.15, -0.1) is 0 Å². The highest BCUT2D eigenvalue weighted by Crippen LogP contribution is 2.36. The van der Waals surface area contributed by atoms with Crippen LogP contribution < -0.4 is 21.9 Å². The fourth-order valence-corrected chi connectivity index (χ4v) is 3.12. The number of nitrogens with two attached hydrogens (primary N) is 1. The number of rotatable bonds is 7. The minimum atomic E-state index is -5.19. The van der Waals surface area contributed by atoms with E-state index < -0.39 is 64.2 Å². The Hall–Kier alpha value is -3.29. The van der Waals surface area contributed by atoms with Crippen LogP contribution in [0.2, 0.25) is 0 Å². The second-order valence-electron chi connectivity index (χ2n) is 7.74. The van der Waals surface area contributed by atoms with Crippen molar-refractivity contribution in [2.24, 2.45) is 5.92 Å². The van der Waals surface area contributed by atoms with E-state index in [9.17, 15) is 40.7 Å². The Balaban J connectivity index is 2.77. The molecule has 0 unspecified atom stereocenters. The number of hydrogen-bond donors (Lipinski definition) is 2. The van der Waals surface area contributed by atoms with Crippen LogP contribution in [0.5, 0.6) is 0 Å². The predicted octanol–water partition coefficient (Wildman–Crippen LogP) is 3.11. The average Bonchev–Trinajstić information content (AvgIpc) is 2.71. The number of methoxy groups -OCH3 is 1. The summed E-state index contributed by atoms with van der Waals surface area (Å²) >= 11 is 0. The zero-order chi connectivity index (χ0) is 26.0. The third-order valence-corrected chi connectivity index (χ3v) is 4.63. The Bertz CT molecular complexity index is 1140. The van der Waals surface area contributed by atoms with Gasteiger partial charge >= 0.3 is 18.0 Å². The number of hydrogen-bond acceptors (Lipinski definition) is 5. The lowest BCUT2D eigenvalue weighted by molar-refractivity contribution is -0.143. The Morgan fingerprint density at radius 2 is 1.62 bits per heavy atom. The fourth-order valence-electron chi connectivity index (χ4n) is 3.12. The van der Waals surface area contributed by atoms with Crippen molar-refractivity contribution in [3.63, 3.8) is 0 Å². The molecule has 1 heterocycles. The quantitative estimate of drug-likeness (QED) is 0.573. The Morgan fingerprint density at radius 1 is 1.09 bits per heavy atom. The number of nitrogens with one attached hydrogen (secondary N) is 1. The first kappa shape index (κ1) is 27.0. The van der Waals surface area contributed by atoms with E-state index in [1.807, 2.05) is 4.98 Å². The number of nitrogen functional groups attached to an aromatic ring is 1. The van der Waals surface area contributed by atoms with E-state index in [-0.39, 0.29) is 37.3 Å². The maximum Gasteiger partial charge on any atom is 0.416 e. The number of ether oxygens (including phenoxy) is 1. The summed E-state index contributed by atoms with van der Waals surface area (Å²) in [4.78, 5) is 40.5. The van der Waals surface area contributed by atoms with Crippen molar-refractivity contribution in [1.82, 2.24) is 9.55 Å². The van der Waals surface area contributed by atoms with Gasteiger partial charge in [0.25, 0.3) is 11.5 Å². The number of benzene rings is 1. The van der Waals surface area contributed by atoms with Crippen LogP contribution in [0, 0.1) is 5.92 Å². The first-order valence-electron chi connectivity index (χ1n) is 9.80. The average molecular weight is 496 g/mol. The lowest BCUT2D eigenvalue weighted by Crippen LogP contribution is -2.43. The number of anilines is 2. The van der Waals surface area contributed by atoms with Crippen molar-refractivity contribution >= 4 is 17.4 Å². The Labute approximate surface area is 188 Å². The van der Waals surface area contributed by atoms with Gasteiger partial charge in [-0.2, -0.15) is 26.3 Å². The lowest BCUT2D eigenvalue weighted by atomic mass is 10.0. The molecule has 2 rings (SSSR count). The molecule has 1 amide bonds. The molecule has 0 spiro atoms. The van der Waals surface area contributed by atoms with E-state index in [0.29, 0.717) is 4.90 Å². The van der Waals surface area contributed by atoms with Gasteiger partial charge in [-0.25, -0.2) is 4.79 Å². The van der Waals surface area contributed by atoms with Gasteiger partial charge in [0.1, 0.15) is 5.82 Å². The third-order valence-electron chi connectivity index (χ3n) is 4.63. The van der Waals surface area contributed by atoms with E-state index in [1.165, 1.54) is 7.11 Å². The number of amides is 1. The van der Waals surface area contributed by atoms with Crippen molar-refractivity contribution in [2.75, 3.05) is 30.9 Å². The highest BCUT2D eigenvalue weighted by atomic mass is 19.4. The zero-order valence-corrected chi connectivity index (χ0v) is 18.3. The first-order chi connectivity index (χ1) is 15.6. The van der Waals surface area contributed by atoms with Crippen molar-refractivity contribution in [3.05, 3.63) is 55.7 Å². The van der Waals surface area contributed by atoms with E-state index in [1.54, 1.807) is 13.8 Å². The molecule has 8 nitrogen and oxygen atoms in total. The van der Waals surface area contributed by atoms with Gasteiger partial charge in [-0.1, -0.05) is 13.8 Å². The molecule has 188 valence electrons. The Morgan fingerprint density at radius 3 is 2.06 bits per heavy atom. The van der Waals surface area contributed by atoms with Crippen molar-refractivity contribution < 1.29 is 35.9 Å². The van der Waals surface area contributed by atoms with Crippen molar-refractivity contribution in [3.8, 4) is 0 Å². The fraction of sp³-hybridized carbons (Fsp3) is 0.450. The van der Waals surface area contributed by atoms with Crippen LogP contribution in [-0.4, -0.2) is 35.7 Å². The van der Waals surface area contributed by atoms with Crippen LogP contribution in [0.3, 0.4) is 0 Å². The number of alkyl halides is 6. The summed E-state index contributed by atoms with van der Waals surface area (Å²) in [5.74, 6) is -1.99. The minimum absolute atomic E-state index is 0.0164. The molecule has 3 N–H and O–H groups in total. The molecule has 34 heavy (non-hydrogen) atoms. The summed E-state index contributed by atoms with van der Waals surface area (Å²) in [5, 5.41) is 0. The van der Waals surface area contributed by atoms with Gasteiger partial charge in [-0.3, -0.25) is 24.0 Å². The second-order valence-corrected chi connectivity index (χ2v) is 7.74. The molecule has 0 radical (unpaired) electrons. The van der Waals surface area contributed by atoms with Crippen LogP contribution >= 0.6 is 0 Å². The first-order valence-corrected chi connectivity index (χ1v) is 9.80. The number of aromatic amines is 1. The molecule has 0 bridgehead atoms. The summed E-state index contributed by atoms with van der Waals surface area (Å²) in [7, 11) is 1.22. The van der Waals surface area contributed by atoms with Crippen LogP contribution in [0.15, 0.2) is 27.8 Å². The van der Waals surface area contributed by atoms with E-state index >= 15 is 0 Å². The molecule has 0 atom stereocenters. The van der Waals surface area contributed by atoms with Crippen molar-refractivity contribution in [2.45, 2.75) is 32.7 Å². The normalized spacial score (nSPS) is 12.3. The molecule has 0 fully saturated rings. The number of carbonyl (C=O) groups is 1. The number of carbonyl (C=O) groups excluding carboxylic acids is 1. The molecule has 14 heteroatoms. The van der Waals surface area contributed by atoms with Crippen LogP contribution in [0.4, 0.5) is 37.8 Å². The third kappa shape index (κ3) is 5.98. The monoisotopic (exact) mass is 496 g/mol. The molecular weight excluding hydrogens is 474 g/mol. The lowest BCUT2D eigenvalue weighted by Gasteiger charge is -2.25. The van der Waals surface area contributed by atoms with Gasteiger partial charge in [0, 0.05) is 25.8 Å². The molecule has 0 aliphatic rings. The summed E-state index contributed by atoms with van der Waals surface area (Å²) in [6, 6.07) is 0.359. The van der Waals surface area contributed by atoms with Crippen LogP contribution in [0.25, 0.3) is 0 Å². The van der Waals surface area contributed by atoms with Crippen LogP contribution in [-0.2, 0) is 23.6 Å². The number of nitrogens with zero attached hydrogens (tertiary/aromatic N) is 2. The van der Waals surface area contributed by atoms with Gasteiger partial charge in [0.15, 0.2) is 5.69 Å². The highest BCUT2D eigenvalue weighted by Gasteiger charge is 2.38. The maximum atomic E-state index is 13.2. The predicted molar refractivity (Wildman–Crippen MR) is 111 cm³/mol. The van der Waals surface area contributed by atoms with Gasteiger partial charge in [-0.05, 0) is 24.1 Å². The summed E-state index contributed by atoms with van der Waals surface area (Å²) in [6.45, 7) is 2.76. The highest BCUT2D eigenvalue weighted by molar-refractivity contribution is 6.07. The van der Waals surface area contributed by atoms with Gasteiger partial charge < -0.3 is 10.5 Å². The van der Waals surface area contributed by atoms with Gasteiger partial charge in [0.2, 0.25) is 0 Å². The SMILES string of the molecule is COCCN(C(=O)c1cc(C(F)(F)F)cc(C(F)(F)F)c1)c1c(N)n(CC(C)C)c(=O)[nH]c1=O. The molecule has 1 aromatic heterocycles. The van der Waals surface area contributed by atoms with Gasteiger partial charge in [0.05, 0.1) is 17.7 Å². The number of halogens is 6. The number of H-pyrrole nitrogens is 1. The molecular formula is C20H22F6N4O4. The van der Waals surface area contributed by atoms with E-state index in [2.05, 4.69) is 0 Å². The second kappa shape index (κ2) is 9.91. The topological polar surface area (TPSA) is 110 Å². The molecule has 0 aliphatic carbocycles. The number of aromatic nitrogens is 2. The minimum Gasteiger partial charge on any atom is -0.383 e. The molecule has 0 saturated heterocycles. The van der Waals surface area contributed by atoms with Crippen molar-refractivity contribution in [1.29, 1.82) is 0 Å². The largest absolute Gasteiger partial charge is 0.416 e. The van der Waals surface area contributed by atoms with Crippen LogP contribution in [0.1, 0.15) is 35.3 Å². The standard InChI is InChI=1S/C20H22F6N4O4/c1-10(2)9-30-15(27)14(16(31)28-18(30)33)29(4-5-34-3)17(32)11-6-12(19(21,22)23)8-13(7-11)20(24,25)26/h6-8,10H,4-5,9,27H2,1-3H3,(H,28,31,33). The summed E-state index contributed by atoms with van der Waals surface area (Å²) in [6.07, 6.45) is -10.4. The zero-order valence-electron chi connectivity index (χ0n) is 18.3. The summed E-state index contributed by atoms with van der Waals surface area (Å²) in [5.41, 5.74) is -1.07. The Kier molecular flexibility index (Phi) is 7.86. The molecule has 0 saturated carbocycles. The smallest absolute Gasteiger partial charge is 0.383 e. The molecule has 2 aromatic rings. The molecule has 0 aliphatic heterocycles. The maximum absolute atomic E-state index is 13.2.